The average molecular weight is 204 g/mol. The molecular weight excluding hydrogens is 188 g/mol. The van der Waals surface area contributed by atoms with Gasteiger partial charge in [0.15, 0.2) is 0 Å². The predicted octanol–water partition coefficient (Wildman–Crippen LogP) is 2.45. The molecule has 0 amide bonds. The zero-order valence-corrected chi connectivity index (χ0v) is 9.16. The largest absolute Gasteiger partial charge is 0.492 e. The fourth-order valence-corrected chi connectivity index (χ4v) is 1.33. The number of terminal acetylenes is 1. The van der Waals surface area contributed by atoms with Crippen LogP contribution < -0.4 is 4.74 Å². The number of benzene rings is 1. The Morgan fingerprint density at radius 3 is 2.87 bits per heavy atom. The van der Waals surface area contributed by atoms with Gasteiger partial charge in [-0.2, -0.15) is 0 Å². The van der Waals surface area contributed by atoms with E-state index in [0.717, 1.165) is 16.9 Å². The van der Waals surface area contributed by atoms with Gasteiger partial charge in [-0.1, -0.05) is 12.1 Å². The average Bonchev–Trinajstić information content (AvgIpc) is 2.18. The third-order valence-corrected chi connectivity index (χ3v) is 2.12. The highest BCUT2D eigenvalue weighted by atomic mass is 16.5. The molecule has 0 aliphatic carbocycles. The van der Waals surface area contributed by atoms with Crippen molar-refractivity contribution in [2.75, 3.05) is 6.61 Å². The molecule has 0 aliphatic rings. The first kappa shape index (κ1) is 11.6. The van der Waals surface area contributed by atoms with Crippen LogP contribution >= 0.6 is 0 Å². The maximum Gasteiger partial charge on any atom is 0.125 e. The maximum atomic E-state index is 9.53. The van der Waals surface area contributed by atoms with Gasteiger partial charge in [0.25, 0.3) is 0 Å². The molecule has 1 N–H and O–H groups in total. The Morgan fingerprint density at radius 1 is 1.53 bits per heavy atom. The molecule has 0 bridgehead atoms. The van der Waals surface area contributed by atoms with Gasteiger partial charge in [-0.05, 0) is 25.5 Å². The molecule has 15 heavy (non-hydrogen) atoms. The van der Waals surface area contributed by atoms with Crippen LogP contribution in [0, 0.1) is 19.3 Å². The number of aliphatic hydroxyl groups excluding tert-OH is 1. The molecule has 1 rings (SSSR count). The number of rotatable bonds is 4. The van der Waals surface area contributed by atoms with Crippen LogP contribution in [0.4, 0.5) is 0 Å². The van der Waals surface area contributed by atoms with Crippen molar-refractivity contribution in [2.24, 2.45) is 0 Å². The SMILES string of the molecule is C#CCCOc1cc(C)ccc1C(C)O. The van der Waals surface area contributed by atoms with Crippen LogP contribution in [0.5, 0.6) is 5.75 Å². The second-order valence-electron chi connectivity index (χ2n) is 3.52. The third kappa shape index (κ3) is 3.30. The quantitative estimate of drug-likeness (QED) is 0.603. The van der Waals surface area contributed by atoms with Gasteiger partial charge in [0, 0.05) is 12.0 Å². The number of ether oxygens (including phenoxy) is 1. The summed E-state index contributed by atoms with van der Waals surface area (Å²) in [4.78, 5) is 0. The fraction of sp³-hybridized carbons (Fsp3) is 0.385. The van der Waals surface area contributed by atoms with E-state index in [0.29, 0.717) is 13.0 Å². The van der Waals surface area contributed by atoms with Gasteiger partial charge in [-0.15, -0.1) is 12.3 Å². The van der Waals surface area contributed by atoms with E-state index < -0.39 is 6.10 Å². The Labute approximate surface area is 90.9 Å². The van der Waals surface area contributed by atoms with E-state index in [4.69, 9.17) is 11.2 Å². The molecule has 2 nitrogen and oxygen atoms in total. The van der Waals surface area contributed by atoms with E-state index in [1.165, 1.54) is 0 Å². The molecule has 1 atom stereocenters. The molecule has 1 aromatic rings. The van der Waals surface area contributed by atoms with Gasteiger partial charge in [0.05, 0.1) is 12.7 Å². The summed E-state index contributed by atoms with van der Waals surface area (Å²) in [5.41, 5.74) is 1.91. The van der Waals surface area contributed by atoms with E-state index in [1.807, 2.05) is 25.1 Å². The first-order valence-corrected chi connectivity index (χ1v) is 5.00. The summed E-state index contributed by atoms with van der Waals surface area (Å²) in [7, 11) is 0. The van der Waals surface area contributed by atoms with Crippen LogP contribution in [0.3, 0.4) is 0 Å². The van der Waals surface area contributed by atoms with Gasteiger partial charge in [-0.3, -0.25) is 0 Å². The highest BCUT2D eigenvalue weighted by Crippen LogP contribution is 2.26. The van der Waals surface area contributed by atoms with E-state index in [1.54, 1.807) is 6.92 Å². The lowest BCUT2D eigenvalue weighted by molar-refractivity contribution is 0.191. The molecular formula is C13H16O2. The molecule has 0 saturated heterocycles. The summed E-state index contributed by atoms with van der Waals surface area (Å²) in [5, 5.41) is 9.53. The molecule has 80 valence electrons. The minimum absolute atomic E-state index is 0.486. The Kier molecular flexibility index (Phi) is 4.20. The van der Waals surface area contributed by atoms with Gasteiger partial charge < -0.3 is 9.84 Å². The molecule has 0 heterocycles. The summed E-state index contributed by atoms with van der Waals surface area (Å²) in [6.45, 7) is 4.19. The van der Waals surface area contributed by atoms with Gasteiger partial charge in [-0.25, -0.2) is 0 Å². The summed E-state index contributed by atoms with van der Waals surface area (Å²) in [5.74, 6) is 3.24. The molecule has 0 fully saturated rings. The number of hydrogen-bond donors (Lipinski definition) is 1. The van der Waals surface area contributed by atoms with Crippen LogP contribution in [-0.2, 0) is 0 Å². The van der Waals surface area contributed by atoms with Crippen molar-refractivity contribution < 1.29 is 9.84 Å². The number of aliphatic hydroxyl groups is 1. The number of aryl methyl sites for hydroxylation is 1. The van der Waals surface area contributed by atoms with Crippen molar-refractivity contribution in [1.82, 2.24) is 0 Å². The van der Waals surface area contributed by atoms with Crippen molar-refractivity contribution in [3.8, 4) is 18.1 Å². The van der Waals surface area contributed by atoms with Crippen molar-refractivity contribution in [3.05, 3.63) is 29.3 Å². The zero-order chi connectivity index (χ0) is 11.3. The van der Waals surface area contributed by atoms with E-state index in [2.05, 4.69) is 5.92 Å². The molecule has 0 aliphatic heterocycles. The first-order valence-electron chi connectivity index (χ1n) is 5.00. The zero-order valence-electron chi connectivity index (χ0n) is 9.16. The summed E-state index contributed by atoms with van der Waals surface area (Å²) >= 11 is 0. The van der Waals surface area contributed by atoms with E-state index in [-0.39, 0.29) is 0 Å². The Morgan fingerprint density at radius 2 is 2.27 bits per heavy atom. The minimum atomic E-state index is -0.522. The summed E-state index contributed by atoms with van der Waals surface area (Å²) in [6, 6.07) is 5.75. The van der Waals surface area contributed by atoms with Crippen molar-refractivity contribution in [1.29, 1.82) is 0 Å². The smallest absolute Gasteiger partial charge is 0.125 e. The highest BCUT2D eigenvalue weighted by molar-refractivity contribution is 5.38. The van der Waals surface area contributed by atoms with Gasteiger partial charge in [0.1, 0.15) is 5.75 Å². The van der Waals surface area contributed by atoms with Gasteiger partial charge >= 0.3 is 0 Å². The molecule has 0 saturated carbocycles. The van der Waals surface area contributed by atoms with Crippen molar-refractivity contribution in [3.63, 3.8) is 0 Å². The lowest BCUT2D eigenvalue weighted by Crippen LogP contribution is -2.02. The monoisotopic (exact) mass is 204 g/mol. The third-order valence-electron chi connectivity index (χ3n) is 2.12. The van der Waals surface area contributed by atoms with E-state index >= 15 is 0 Å². The van der Waals surface area contributed by atoms with E-state index in [9.17, 15) is 5.11 Å². The molecule has 0 aromatic heterocycles. The van der Waals surface area contributed by atoms with Crippen LogP contribution in [0.2, 0.25) is 0 Å². The molecule has 2 heteroatoms. The van der Waals surface area contributed by atoms with Gasteiger partial charge in [0.2, 0.25) is 0 Å². The first-order chi connectivity index (χ1) is 7.15. The fourth-order valence-electron chi connectivity index (χ4n) is 1.33. The standard InChI is InChI=1S/C13H16O2/c1-4-5-8-15-13-9-10(2)6-7-12(13)11(3)14/h1,6-7,9,11,14H,5,8H2,2-3H3. The molecule has 0 radical (unpaired) electrons. The Bertz CT molecular complexity index is 361. The predicted molar refractivity (Wildman–Crippen MR) is 60.8 cm³/mol. The topological polar surface area (TPSA) is 29.5 Å². The molecule has 1 unspecified atom stereocenters. The highest BCUT2D eigenvalue weighted by Gasteiger charge is 2.08. The number of hydrogen-bond acceptors (Lipinski definition) is 2. The van der Waals surface area contributed by atoms with Crippen LogP contribution in [0.25, 0.3) is 0 Å². The maximum absolute atomic E-state index is 9.53. The van der Waals surface area contributed by atoms with Crippen LogP contribution in [-0.4, -0.2) is 11.7 Å². The molecule has 1 aromatic carbocycles. The summed E-state index contributed by atoms with van der Waals surface area (Å²) < 4.78 is 5.52. The lowest BCUT2D eigenvalue weighted by atomic mass is 10.1. The normalized spacial score (nSPS) is 11.9. The van der Waals surface area contributed by atoms with Crippen LogP contribution in [0.15, 0.2) is 18.2 Å². The van der Waals surface area contributed by atoms with Crippen molar-refractivity contribution in [2.45, 2.75) is 26.4 Å². The Hall–Kier alpha value is -1.46. The lowest BCUT2D eigenvalue weighted by Gasteiger charge is -2.13. The van der Waals surface area contributed by atoms with Crippen LogP contribution in [0.1, 0.15) is 30.6 Å². The second-order valence-corrected chi connectivity index (χ2v) is 3.52. The molecule has 0 spiro atoms. The minimum Gasteiger partial charge on any atom is -0.492 e. The second kappa shape index (κ2) is 5.43. The summed E-state index contributed by atoms with van der Waals surface area (Å²) in [6.07, 6.45) is 5.20. The van der Waals surface area contributed by atoms with Crippen molar-refractivity contribution >= 4 is 0 Å². The Balaban J connectivity index is 2.83.